The minimum Gasteiger partial charge on any atom is -0.299 e. The van der Waals surface area contributed by atoms with Crippen LogP contribution in [0.2, 0.25) is 0 Å². The Morgan fingerprint density at radius 3 is 2.76 bits per heavy atom. The molecule has 3 atom stereocenters. The average Bonchev–Trinajstić information content (AvgIpc) is 3.25. The number of hydrogen-bond donors (Lipinski definition) is 0. The number of carbonyl (C=O) groups is 1. The molecule has 2 bridgehead atoms. The Balaban J connectivity index is 1.69. The number of ketones is 1. The Kier molecular flexibility index (Phi) is 3.26. The molecule has 2 aromatic carbocycles. The number of hydrogen-bond acceptors (Lipinski definition) is 1. The van der Waals surface area contributed by atoms with Crippen LogP contribution in [0.4, 0.5) is 0 Å². The summed E-state index contributed by atoms with van der Waals surface area (Å²) in [7, 11) is 0. The van der Waals surface area contributed by atoms with Crippen LogP contribution in [0.1, 0.15) is 68.6 Å². The molecule has 0 heterocycles. The van der Waals surface area contributed by atoms with Gasteiger partial charge in [0.25, 0.3) is 0 Å². The zero-order valence-electron chi connectivity index (χ0n) is 15.3. The summed E-state index contributed by atoms with van der Waals surface area (Å²) in [5, 5.41) is 2.65. The van der Waals surface area contributed by atoms with E-state index in [-0.39, 0.29) is 5.41 Å². The minimum absolute atomic E-state index is 0.193. The molecule has 1 nitrogen and oxygen atoms in total. The molecule has 128 valence electrons. The van der Waals surface area contributed by atoms with Crippen LogP contribution in [-0.4, -0.2) is 5.78 Å². The van der Waals surface area contributed by atoms with Crippen molar-refractivity contribution < 1.29 is 4.79 Å². The highest BCUT2D eigenvalue weighted by molar-refractivity contribution is 5.96. The lowest BCUT2D eigenvalue weighted by Crippen LogP contribution is -2.43. The Bertz CT molecular complexity index is 919. The summed E-state index contributed by atoms with van der Waals surface area (Å²) in [6, 6.07) is 11.7. The molecule has 1 spiro atoms. The number of Topliss-reactive ketones (excluding diaryl/α,β-unsaturated/α-hetero) is 1. The number of rotatable bonds is 2. The summed E-state index contributed by atoms with van der Waals surface area (Å²) >= 11 is 0. The molecule has 0 aromatic heterocycles. The van der Waals surface area contributed by atoms with Crippen molar-refractivity contribution in [2.45, 2.75) is 63.7 Å². The summed E-state index contributed by atoms with van der Waals surface area (Å²) in [6.45, 7) is 4.55. The lowest BCUT2D eigenvalue weighted by Gasteiger charge is -2.40. The summed E-state index contributed by atoms with van der Waals surface area (Å²) in [4.78, 5) is 13.1. The van der Waals surface area contributed by atoms with E-state index in [4.69, 9.17) is 0 Å². The lowest BCUT2D eigenvalue weighted by molar-refractivity contribution is -0.126. The molecule has 1 fully saturated rings. The normalized spacial score (nSPS) is 28.5. The highest BCUT2D eigenvalue weighted by Gasteiger charge is 2.55. The zero-order chi connectivity index (χ0) is 17.2. The molecular weight excluding hydrogens is 304 g/mol. The van der Waals surface area contributed by atoms with Crippen molar-refractivity contribution in [1.82, 2.24) is 0 Å². The molecule has 3 aliphatic carbocycles. The first kappa shape index (κ1) is 15.4. The van der Waals surface area contributed by atoms with Gasteiger partial charge in [-0.3, -0.25) is 4.79 Å². The maximum Gasteiger partial charge on any atom is 0.144 e. The van der Waals surface area contributed by atoms with Crippen LogP contribution < -0.4 is 0 Å². The van der Waals surface area contributed by atoms with Crippen LogP contribution in [-0.2, 0) is 16.6 Å². The maximum absolute atomic E-state index is 13.1. The Labute approximate surface area is 150 Å². The second-order valence-electron chi connectivity index (χ2n) is 8.50. The quantitative estimate of drug-likeness (QED) is 0.632. The highest BCUT2D eigenvalue weighted by atomic mass is 16.1. The summed E-state index contributed by atoms with van der Waals surface area (Å²) in [6.07, 6.45) is 8.45. The van der Waals surface area contributed by atoms with Gasteiger partial charge in [-0.15, -0.1) is 0 Å². The van der Waals surface area contributed by atoms with Gasteiger partial charge in [0.2, 0.25) is 0 Å². The van der Waals surface area contributed by atoms with E-state index in [2.05, 4.69) is 50.3 Å². The minimum atomic E-state index is -0.193. The Morgan fingerprint density at radius 1 is 1.16 bits per heavy atom. The fraction of sp³-hybridized carbons (Fsp3) is 0.458. The van der Waals surface area contributed by atoms with Gasteiger partial charge in [-0.2, -0.15) is 0 Å². The van der Waals surface area contributed by atoms with Crippen LogP contribution in [0.5, 0.6) is 0 Å². The highest BCUT2D eigenvalue weighted by Crippen LogP contribution is 2.57. The summed E-state index contributed by atoms with van der Waals surface area (Å²) < 4.78 is 0. The van der Waals surface area contributed by atoms with Crippen LogP contribution in [0.3, 0.4) is 0 Å². The molecule has 0 radical (unpaired) electrons. The number of fused-ring (bicyclic) bond motifs is 6. The first-order chi connectivity index (χ1) is 12.1. The van der Waals surface area contributed by atoms with Crippen molar-refractivity contribution in [3.05, 3.63) is 58.7 Å². The number of carbonyl (C=O) groups excluding carboxylic acids is 1. The van der Waals surface area contributed by atoms with E-state index in [9.17, 15) is 4.79 Å². The van der Waals surface area contributed by atoms with E-state index in [1.165, 1.54) is 39.5 Å². The third-order valence-corrected chi connectivity index (χ3v) is 7.27. The zero-order valence-corrected chi connectivity index (χ0v) is 15.3. The van der Waals surface area contributed by atoms with E-state index >= 15 is 0 Å². The molecule has 0 N–H and O–H groups in total. The smallest absolute Gasteiger partial charge is 0.144 e. The third-order valence-electron chi connectivity index (χ3n) is 7.27. The molecular formula is C24H26O. The van der Waals surface area contributed by atoms with E-state index in [0.717, 1.165) is 32.1 Å². The summed E-state index contributed by atoms with van der Waals surface area (Å²) in [5.41, 5.74) is 5.56. The largest absolute Gasteiger partial charge is 0.299 e. The van der Waals surface area contributed by atoms with Crippen molar-refractivity contribution in [3.8, 4) is 0 Å². The van der Waals surface area contributed by atoms with Crippen LogP contribution in [0.15, 0.2) is 42.0 Å². The number of benzene rings is 2. The van der Waals surface area contributed by atoms with Crippen molar-refractivity contribution in [2.24, 2.45) is 5.92 Å². The van der Waals surface area contributed by atoms with Gasteiger partial charge >= 0.3 is 0 Å². The van der Waals surface area contributed by atoms with Gasteiger partial charge in [0.15, 0.2) is 0 Å². The van der Waals surface area contributed by atoms with Gasteiger partial charge in [0, 0.05) is 6.42 Å². The third kappa shape index (κ3) is 2.05. The lowest BCUT2D eigenvalue weighted by atomic mass is 9.61. The van der Waals surface area contributed by atoms with Crippen molar-refractivity contribution in [2.75, 3.05) is 0 Å². The maximum atomic E-state index is 13.1. The van der Waals surface area contributed by atoms with Crippen molar-refractivity contribution in [3.63, 3.8) is 0 Å². The van der Waals surface area contributed by atoms with E-state index in [0.29, 0.717) is 17.6 Å². The van der Waals surface area contributed by atoms with Gasteiger partial charge in [0.1, 0.15) is 5.78 Å². The molecule has 0 saturated heterocycles. The van der Waals surface area contributed by atoms with Gasteiger partial charge in [-0.1, -0.05) is 49.8 Å². The second-order valence-corrected chi connectivity index (χ2v) is 8.50. The monoisotopic (exact) mass is 330 g/mol. The number of aryl methyl sites for hydroxylation is 1. The van der Waals surface area contributed by atoms with E-state index in [1.54, 1.807) is 0 Å². The molecule has 25 heavy (non-hydrogen) atoms. The molecule has 1 heteroatoms. The SMILES string of the molecule is CCC(C)c1ccc2cc3c(cc2c1)CCC(=O)C31CC2=CCC1C2. The van der Waals surface area contributed by atoms with Gasteiger partial charge in [0.05, 0.1) is 5.41 Å². The van der Waals surface area contributed by atoms with Crippen LogP contribution >= 0.6 is 0 Å². The van der Waals surface area contributed by atoms with Crippen molar-refractivity contribution >= 4 is 16.6 Å². The Morgan fingerprint density at radius 2 is 2.04 bits per heavy atom. The van der Waals surface area contributed by atoms with Crippen LogP contribution in [0.25, 0.3) is 10.8 Å². The molecule has 1 saturated carbocycles. The first-order valence-electron chi connectivity index (χ1n) is 9.90. The predicted molar refractivity (Wildman–Crippen MR) is 103 cm³/mol. The first-order valence-corrected chi connectivity index (χ1v) is 9.90. The summed E-state index contributed by atoms with van der Waals surface area (Å²) in [5.74, 6) is 1.63. The fourth-order valence-electron chi connectivity index (χ4n) is 5.60. The molecule has 3 unspecified atom stereocenters. The van der Waals surface area contributed by atoms with Crippen LogP contribution in [0, 0.1) is 5.92 Å². The standard InChI is InChI=1S/C24H26O/c1-3-15(2)17-5-6-18-13-22-19(12-20(18)11-17)7-9-23(25)24(22)14-16-4-8-21(24)10-16/h4-6,11-13,15,21H,3,7-10,14H2,1-2H3. The van der Waals surface area contributed by atoms with E-state index < -0.39 is 0 Å². The predicted octanol–water partition coefficient (Wildman–Crippen LogP) is 5.85. The molecule has 0 amide bonds. The van der Waals surface area contributed by atoms with Gasteiger partial charge in [-0.05, 0) is 77.5 Å². The number of allylic oxidation sites excluding steroid dienone is 2. The molecule has 2 aromatic rings. The topological polar surface area (TPSA) is 17.1 Å². The fourth-order valence-corrected chi connectivity index (χ4v) is 5.60. The average molecular weight is 330 g/mol. The molecule has 0 aliphatic heterocycles. The molecule has 5 rings (SSSR count). The van der Waals surface area contributed by atoms with E-state index in [1.807, 2.05) is 0 Å². The van der Waals surface area contributed by atoms with Gasteiger partial charge in [-0.25, -0.2) is 0 Å². The van der Waals surface area contributed by atoms with Crippen molar-refractivity contribution in [1.29, 1.82) is 0 Å². The molecule has 3 aliphatic rings. The van der Waals surface area contributed by atoms with Gasteiger partial charge < -0.3 is 0 Å². The Hall–Kier alpha value is -1.89. The second kappa shape index (κ2) is 5.30.